The molecular weight excluding hydrogens is 302 g/mol. The Bertz CT molecular complexity index is 803. The number of nitrogens with zero attached hydrogens (tertiary/aromatic N) is 2. The van der Waals surface area contributed by atoms with Crippen molar-refractivity contribution in [1.82, 2.24) is 9.88 Å². The first-order valence-electron chi connectivity index (χ1n) is 8.35. The van der Waals surface area contributed by atoms with Gasteiger partial charge in [-0.05, 0) is 55.3 Å². The zero-order valence-electron chi connectivity index (χ0n) is 14.0. The average molecular weight is 323 g/mol. The molecule has 2 aromatic rings. The molecule has 2 aliphatic heterocycles. The molecule has 5 heteroatoms. The zero-order chi connectivity index (χ0) is 16.7. The van der Waals surface area contributed by atoms with Gasteiger partial charge in [-0.1, -0.05) is 0 Å². The van der Waals surface area contributed by atoms with Crippen LogP contribution < -0.4 is 10.1 Å². The monoisotopic (exact) mass is 323 g/mol. The van der Waals surface area contributed by atoms with Crippen LogP contribution in [-0.2, 0) is 19.4 Å². The van der Waals surface area contributed by atoms with E-state index in [1.54, 1.807) is 6.20 Å². The molecule has 1 amide bonds. The number of pyridine rings is 1. The molecule has 1 atom stereocenters. The second-order valence-corrected chi connectivity index (χ2v) is 6.72. The number of nitrogens with one attached hydrogen (secondary N) is 1. The summed E-state index contributed by atoms with van der Waals surface area (Å²) in [5.74, 6) is 0.832. The molecule has 0 saturated heterocycles. The molecule has 4 rings (SSSR count). The van der Waals surface area contributed by atoms with E-state index in [0.717, 1.165) is 54.1 Å². The molecule has 5 nitrogen and oxygen atoms in total. The van der Waals surface area contributed by atoms with E-state index >= 15 is 0 Å². The number of hydrogen-bond donors (Lipinski definition) is 1. The van der Waals surface area contributed by atoms with Crippen molar-refractivity contribution in [1.29, 1.82) is 0 Å². The smallest absolute Gasteiger partial charge is 0.257 e. The van der Waals surface area contributed by atoms with Crippen LogP contribution in [0.1, 0.15) is 34.0 Å². The summed E-state index contributed by atoms with van der Waals surface area (Å²) in [6.45, 7) is 3.86. The topological polar surface area (TPSA) is 54.5 Å². The molecule has 0 saturated carbocycles. The van der Waals surface area contributed by atoms with Crippen LogP contribution in [0.25, 0.3) is 0 Å². The standard InChI is InChI=1S/C19H21N3O2/c1-12-7-13-8-15(3-4-18(13)24-12)21-19(23)17-10-20-9-14-11-22(2)6-5-16(14)17/h3-4,8-10,12H,5-7,11H2,1-2H3,(H,21,23). The Labute approximate surface area is 141 Å². The molecule has 1 N–H and O–H groups in total. The minimum Gasteiger partial charge on any atom is -0.490 e. The van der Waals surface area contributed by atoms with E-state index in [-0.39, 0.29) is 12.0 Å². The maximum atomic E-state index is 12.7. The maximum absolute atomic E-state index is 12.7. The molecule has 0 radical (unpaired) electrons. The Kier molecular flexibility index (Phi) is 3.73. The van der Waals surface area contributed by atoms with Gasteiger partial charge in [-0.15, -0.1) is 0 Å². The lowest BCUT2D eigenvalue weighted by Gasteiger charge is -2.26. The molecule has 1 aromatic heterocycles. The fourth-order valence-electron chi connectivity index (χ4n) is 3.53. The first kappa shape index (κ1) is 15.1. The minimum absolute atomic E-state index is 0.0872. The maximum Gasteiger partial charge on any atom is 0.257 e. The molecule has 0 bridgehead atoms. The summed E-state index contributed by atoms with van der Waals surface area (Å²) in [5.41, 5.74) is 4.91. The van der Waals surface area contributed by atoms with E-state index in [4.69, 9.17) is 4.74 Å². The highest BCUT2D eigenvalue weighted by Crippen LogP contribution is 2.31. The Morgan fingerprint density at radius 2 is 2.21 bits per heavy atom. The lowest BCUT2D eigenvalue weighted by Crippen LogP contribution is -2.29. The number of benzene rings is 1. The van der Waals surface area contributed by atoms with Crippen LogP contribution in [0.5, 0.6) is 5.75 Å². The van der Waals surface area contributed by atoms with Gasteiger partial charge < -0.3 is 15.0 Å². The van der Waals surface area contributed by atoms with Crippen LogP contribution in [-0.4, -0.2) is 35.5 Å². The number of hydrogen-bond acceptors (Lipinski definition) is 4. The predicted molar refractivity (Wildman–Crippen MR) is 92.5 cm³/mol. The van der Waals surface area contributed by atoms with Crippen molar-refractivity contribution in [3.05, 3.63) is 52.8 Å². The van der Waals surface area contributed by atoms with E-state index in [0.29, 0.717) is 5.56 Å². The van der Waals surface area contributed by atoms with Crippen LogP contribution in [0.4, 0.5) is 5.69 Å². The number of aromatic nitrogens is 1. The fraction of sp³-hybridized carbons (Fsp3) is 0.368. The van der Waals surface area contributed by atoms with Crippen LogP contribution in [0.3, 0.4) is 0 Å². The highest BCUT2D eigenvalue weighted by molar-refractivity contribution is 6.05. The van der Waals surface area contributed by atoms with Crippen molar-refractivity contribution in [3.63, 3.8) is 0 Å². The summed E-state index contributed by atoms with van der Waals surface area (Å²) in [6, 6.07) is 5.83. The second kappa shape index (κ2) is 5.91. The van der Waals surface area contributed by atoms with Gasteiger partial charge in [-0.2, -0.15) is 0 Å². The first-order chi connectivity index (χ1) is 11.6. The lowest BCUT2D eigenvalue weighted by atomic mass is 9.97. The Morgan fingerprint density at radius 3 is 3.08 bits per heavy atom. The predicted octanol–water partition coefficient (Wildman–Crippen LogP) is 2.65. The lowest BCUT2D eigenvalue weighted by molar-refractivity contribution is 0.102. The van der Waals surface area contributed by atoms with Gasteiger partial charge in [0.1, 0.15) is 11.9 Å². The number of amides is 1. The number of fused-ring (bicyclic) bond motifs is 2. The average Bonchev–Trinajstić information content (AvgIpc) is 2.93. The van der Waals surface area contributed by atoms with E-state index in [9.17, 15) is 4.79 Å². The molecule has 124 valence electrons. The van der Waals surface area contributed by atoms with E-state index in [2.05, 4.69) is 29.2 Å². The van der Waals surface area contributed by atoms with E-state index in [1.807, 2.05) is 24.4 Å². The summed E-state index contributed by atoms with van der Waals surface area (Å²) in [7, 11) is 2.09. The number of ether oxygens (including phenoxy) is 1. The molecule has 1 unspecified atom stereocenters. The molecule has 2 aliphatic rings. The second-order valence-electron chi connectivity index (χ2n) is 6.72. The molecular formula is C19H21N3O2. The van der Waals surface area contributed by atoms with Gasteiger partial charge in [0.25, 0.3) is 5.91 Å². The van der Waals surface area contributed by atoms with Crippen LogP contribution in [0.2, 0.25) is 0 Å². The van der Waals surface area contributed by atoms with Gasteiger partial charge >= 0.3 is 0 Å². The molecule has 1 aromatic carbocycles. The molecule has 0 aliphatic carbocycles. The van der Waals surface area contributed by atoms with Crippen molar-refractivity contribution in [2.45, 2.75) is 32.4 Å². The fourth-order valence-corrected chi connectivity index (χ4v) is 3.53. The Balaban J connectivity index is 1.58. The Morgan fingerprint density at radius 1 is 1.33 bits per heavy atom. The summed E-state index contributed by atoms with van der Waals surface area (Å²) in [6.07, 6.45) is 5.52. The van der Waals surface area contributed by atoms with Crippen LogP contribution >= 0.6 is 0 Å². The molecule has 24 heavy (non-hydrogen) atoms. The summed E-state index contributed by atoms with van der Waals surface area (Å²) < 4.78 is 5.71. The van der Waals surface area contributed by atoms with Crippen molar-refractivity contribution in [2.75, 3.05) is 18.9 Å². The largest absolute Gasteiger partial charge is 0.490 e. The highest BCUT2D eigenvalue weighted by Gasteiger charge is 2.22. The van der Waals surface area contributed by atoms with Gasteiger partial charge in [0, 0.05) is 37.6 Å². The van der Waals surface area contributed by atoms with Crippen LogP contribution in [0.15, 0.2) is 30.6 Å². The van der Waals surface area contributed by atoms with Gasteiger partial charge in [0.05, 0.1) is 5.56 Å². The van der Waals surface area contributed by atoms with Crippen molar-refractivity contribution < 1.29 is 9.53 Å². The third kappa shape index (κ3) is 2.76. The number of likely N-dealkylation sites (N-methyl/N-ethyl adjacent to an activating group) is 1. The molecule has 0 spiro atoms. The zero-order valence-corrected chi connectivity index (χ0v) is 14.0. The minimum atomic E-state index is -0.0872. The molecule has 0 fully saturated rings. The first-order valence-corrected chi connectivity index (χ1v) is 8.35. The van der Waals surface area contributed by atoms with Gasteiger partial charge in [-0.3, -0.25) is 9.78 Å². The highest BCUT2D eigenvalue weighted by atomic mass is 16.5. The van der Waals surface area contributed by atoms with E-state index < -0.39 is 0 Å². The van der Waals surface area contributed by atoms with Crippen molar-refractivity contribution >= 4 is 11.6 Å². The summed E-state index contributed by atoms with van der Waals surface area (Å²) in [5, 5.41) is 3.02. The van der Waals surface area contributed by atoms with E-state index in [1.165, 1.54) is 0 Å². The number of rotatable bonds is 2. The number of anilines is 1. The van der Waals surface area contributed by atoms with Crippen LogP contribution in [0, 0.1) is 0 Å². The summed E-state index contributed by atoms with van der Waals surface area (Å²) in [4.78, 5) is 19.2. The normalized spacial score (nSPS) is 19.3. The third-order valence-electron chi connectivity index (χ3n) is 4.73. The SMILES string of the molecule is CC1Cc2cc(NC(=O)c3cncc4c3CCN(C)C4)ccc2O1. The Hall–Kier alpha value is -2.40. The van der Waals surface area contributed by atoms with Gasteiger partial charge in [0.2, 0.25) is 0 Å². The number of carbonyl (C=O) groups excluding carboxylic acids is 1. The summed E-state index contributed by atoms with van der Waals surface area (Å²) >= 11 is 0. The number of carbonyl (C=O) groups is 1. The molecule has 3 heterocycles. The van der Waals surface area contributed by atoms with Crippen molar-refractivity contribution in [3.8, 4) is 5.75 Å². The van der Waals surface area contributed by atoms with Gasteiger partial charge in [0.15, 0.2) is 0 Å². The third-order valence-corrected chi connectivity index (χ3v) is 4.73. The van der Waals surface area contributed by atoms with Gasteiger partial charge in [-0.25, -0.2) is 0 Å². The quantitative estimate of drug-likeness (QED) is 0.923. The van der Waals surface area contributed by atoms with Crippen molar-refractivity contribution in [2.24, 2.45) is 0 Å².